The van der Waals surface area contributed by atoms with Gasteiger partial charge in [0.1, 0.15) is 0 Å². The summed E-state index contributed by atoms with van der Waals surface area (Å²) in [5.41, 5.74) is 4.06. The van der Waals surface area contributed by atoms with Gasteiger partial charge in [0.15, 0.2) is 0 Å². The SMILES string of the molecule is CCC1=CC=CC=C2C=CC=CC=C21. The van der Waals surface area contributed by atoms with E-state index in [1.807, 2.05) is 0 Å². The summed E-state index contributed by atoms with van der Waals surface area (Å²) in [5, 5.41) is 0. The molecule has 0 spiro atoms. The van der Waals surface area contributed by atoms with Gasteiger partial charge in [-0.1, -0.05) is 61.6 Å². The largest absolute Gasteiger partial charge is 0.0622 e. The highest BCUT2D eigenvalue weighted by Crippen LogP contribution is 2.26. The molecule has 2 aliphatic rings. The molecule has 0 bridgehead atoms. The minimum absolute atomic E-state index is 1.08. The van der Waals surface area contributed by atoms with Crippen molar-refractivity contribution < 1.29 is 0 Å². The molecule has 2 aliphatic carbocycles. The van der Waals surface area contributed by atoms with E-state index in [0.717, 1.165) is 6.42 Å². The Balaban J connectivity index is 2.50. The number of hydrogen-bond acceptors (Lipinski definition) is 0. The standard InChI is InChI=1S/C14H14/c1-2-12-8-6-7-10-13-9-4-3-5-11-14(12)13/h3-11H,2H2,1H3. The van der Waals surface area contributed by atoms with Crippen LogP contribution in [0.1, 0.15) is 13.3 Å². The van der Waals surface area contributed by atoms with Crippen LogP contribution in [0.4, 0.5) is 0 Å². The highest BCUT2D eigenvalue weighted by molar-refractivity contribution is 5.58. The van der Waals surface area contributed by atoms with E-state index in [1.165, 1.54) is 16.7 Å². The van der Waals surface area contributed by atoms with Gasteiger partial charge in [-0.15, -0.1) is 0 Å². The average molecular weight is 182 g/mol. The third kappa shape index (κ3) is 1.69. The van der Waals surface area contributed by atoms with Crippen molar-refractivity contribution in [2.75, 3.05) is 0 Å². The van der Waals surface area contributed by atoms with Gasteiger partial charge in [0.05, 0.1) is 0 Å². The molecule has 0 heteroatoms. The van der Waals surface area contributed by atoms with Crippen LogP contribution in [0.2, 0.25) is 0 Å². The van der Waals surface area contributed by atoms with Crippen molar-refractivity contribution in [3.8, 4) is 0 Å². The lowest BCUT2D eigenvalue weighted by molar-refractivity contribution is 1.12. The van der Waals surface area contributed by atoms with E-state index in [2.05, 4.69) is 61.6 Å². The van der Waals surface area contributed by atoms with Crippen LogP contribution in [0, 0.1) is 0 Å². The van der Waals surface area contributed by atoms with Crippen LogP contribution in [-0.2, 0) is 0 Å². The Bertz CT molecular complexity index is 396. The lowest BCUT2D eigenvalue weighted by Crippen LogP contribution is -1.90. The first-order valence-electron chi connectivity index (χ1n) is 5.05. The quantitative estimate of drug-likeness (QED) is 0.577. The maximum atomic E-state index is 2.20. The molecule has 0 atom stereocenters. The predicted molar refractivity (Wildman–Crippen MR) is 62.0 cm³/mol. The van der Waals surface area contributed by atoms with E-state index in [4.69, 9.17) is 0 Å². The normalized spacial score (nSPS) is 19.1. The van der Waals surface area contributed by atoms with Crippen molar-refractivity contribution in [2.45, 2.75) is 13.3 Å². The van der Waals surface area contributed by atoms with Crippen LogP contribution in [-0.4, -0.2) is 0 Å². The minimum atomic E-state index is 1.08. The summed E-state index contributed by atoms with van der Waals surface area (Å²) in [6, 6.07) is 0. The summed E-state index contributed by atoms with van der Waals surface area (Å²) in [6.45, 7) is 2.20. The monoisotopic (exact) mass is 182 g/mol. The zero-order valence-corrected chi connectivity index (χ0v) is 8.40. The average Bonchev–Trinajstić information content (AvgIpc) is 2.51. The lowest BCUT2D eigenvalue weighted by atomic mass is 9.96. The van der Waals surface area contributed by atoms with Crippen LogP contribution in [0.25, 0.3) is 0 Å². The maximum absolute atomic E-state index is 2.20. The van der Waals surface area contributed by atoms with Crippen molar-refractivity contribution in [1.82, 2.24) is 0 Å². The summed E-state index contributed by atoms with van der Waals surface area (Å²) in [4.78, 5) is 0. The molecule has 0 aromatic carbocycles. The molecule has 2 rings (SSSR count). The fourth-order valence-corrected chi connectivity index (χ4v) is 1.73. The zero-order chi connectivity index (χ0) is 9.80. The summed E-state index contributed by atoms with van der Waals surface area (Å²) >= 11 is 0. The van der Waals surface area contributed by atoms with E-state index in [0.29, 0.717) is 0 Å². The van der Waals surface area contributed by atoms with E-state index < -0.39 is 0 Å². The summed E-state index contributed by atoms with van der Waals surface area (Å²) in [5.74, 6) is 0. The first-order chi connectivity index (χ1) is 6.92. The molecule has 0 heterocycles. The molecule has 0 fully saturated rings. The van der Waals surface area contributed by atoms with Gasteiger partial charge in [-0.05, 0) is 23.1 Å². The summed E-state index contributed by atoms with van der Waals surface area (Å²) < 4.78 is 0. The second-order valence-electron chi connectivity index (χ2n) is 3.38. The van der Waals surface area contributed by atoms with Crippen molar-refractivity contribution in [3.05, 3.63) is 71.4 Å². The predicted octanol–water partition coefficient (Wildman–Crippen LogP) is 3.87. The van der Waals surface area contributed by atoms with Gasteiger partial charge in [-0.2, -0.15) is 0 Å². The molecule has 0 saturated carbocycles. The topological polar surface area (TPSA) is 0 Å². The Morgan fingerprint density at radius 2 is 1.64 bits per heavy atom. The number of fused-ring (bicyclic) bond motifs is 1. The Morgan fingerprint density at radius 1 is 0.857 bits per heavy atom. The molecule has 0 unspecified atom stereocenters. The number of hydrogen-bond donors (Lipinski definition) is 0. The fourth-order valence-electron chi connectivity index (χ4n) is 1.73. The first kappa shape index (κ1) is 9.01. The van der Waals surface area contributed by atoms with Gasteiger partial charge in [0.25, 0.3) is 0 Å². The van der Waals surface area contributed by atoms with Crippen LogP contribution < -0.4 is 0 Å². The molecule has 70 valence electrons. The molecule has 0 amide bonds. The smallest absolute Gasteiger partial charge is 0.0152 e. The minimum Gasteiger partial charge on any atom is -0.0622 e. The lowest BCUT2D eigenvalue weighted by Gasteiger charge is -2.08. The highest BCUT2D eigenvalue weighted by Gasteiger charge is 2.07. The molecule has 0 aromatic rings. The second-order valence-corrected chi connectivity index (χ2v) is 3.38. The highest BCUT2D eigenvalue weighted by atomic mass is 14.1. The zero-order valence-electron chi connectivity index (χ0n) is 8.40. The molecule has 14 heavy (non-hydrogen) atoms. The Morgan fingerprint density at radius 3 is 2.50 bits per heavy atom. The molecule has 0 nitrogen and oxygen atoms in total. The Labute approximate surface area is 85.3 Å². The number of allylic oxidation sites excluding steroid dienone is 12. The van der Waals surface area contributed by atoms with E-state index in [9.17, 15) is 0 Å². The second kappa shape index (κ2) is 4.10. The van der Waals surface area contributed by atoms with Crippen molar-refractivity contribution >= 4 is 0 Å². The Hall–Kier alpha value is -1.56. The van der Waals surface area contributed by atoms with Crippen LogP contribution >= 0.6 is 0 Å². The van der Waals surface area contributed by atoms with Gasteiger partial charge in [-0.3, -0.25) is 0 Å². The maximum Gasteiger partial charge on any atom is -0.0152 e. The molecular weight excluding hydrogens is 168 g/mol. The van der Waals surface area contributed by atoms with Crippen LogP contribution in [0.3, 0.4) is 0 Å². The van der Waals surface area contributed by atoms with Gasteiger partial charge in [-0.25, -0.2) is 0 Å². The molecule has 0 aliphatic heterocycles. The number of rotatable bonds is 1. The first-order valence-corrected chi connectivity index (χ1v) is 5.05. The van der Waals surface area contributed by atoms with Gasteiger partial charge in [0.2, 0.25) is 0 Å². The molecule has 0 saturated heterocycles. The molecule has 0 aromatic heterocycles. The Kier molecular flexibility index (Phi) is 2.64. The molecular formula is C14H14. The van der Waals surface area contributed by atoms with Gasteiger partial charge in [0, 0.05) is 0 Å². The van der Waals surface area contributed by atoms with Crippen LogP contribution in [0.15, 0.2) is 71.4 Å². The summed E-state index contributed by atoms with van der Waals surface area (Å²) in [6.07, 6.45) is 20.2. The van der Waals surface area contributed by atoms with Crippen molar-refractivity contribution in [1.29, 1.82) is 0 Å². The van der Waals surface area contributed by atoms with Crippen LogP contribution in [0.5, 0.6) is 0 Å². The third-order valence-electron chi connectivity index (χ3n) is 2.48. The van der Waals surface area contributed by atoms with Gasteiger partial charge >= 0.3 is 0 Å². The third-order valence-corrected chi connectivity index (χ3v) is 2.48. The van der Waals surface area contributed by atoms with E-state index in [1.54, 1.807) is 0 Å². The fraction of sp³-hybridized carbons (Fsp3) is 0.143. The van der Waals surface area contributed by atoms with Crippen molar-refractivity contribution in [3.63, 3.8) is 0 Å². The summed E-state index contributed by atoms with van der Waals surface area (Å²) in [7, 11) is 0. The van der Waals surface area contributed by atoms with Crippen molar-refractivity contribution in [2.24, 2.45) is 0 Å². The van der Waals surface area contributed by atoms with E-state index >= 15 is 0 Å². The van der Waals surface area contributed by atoms with Gasteiger partial charge < -0.3 is 0 Å². The molecule has 0 N–H and O–H groups in total. The molecule has 0 radical (unpaired) electrons. The van der Waals surface area contributed by atoms with E-state index in [-0.39, 0.29) is 0 Å².